The molecular weight excluding hydrogens is 204 g/mol. The van der Waals surface area contributed by atoms with Crippen LogP contribution in [0.3, 0.4) is 0 Å². The van der Waals surface area contributed by atoms with Gasteiger partial charge in [0.2, 0.25) is 0 Å². The molecule has 0 unspecified atom stereocenters. The highest BCUT2D eigenvalue weighted by Gasteiger charge is 2.55. The smallest absolute Gasteiger partial charge is 0.0921 e. The Kier molecular flexibility index (Phi) is 2.29. The molecule has 15 heavy (non-hydrogen) atoms. The fraction of sp³-hybridized carbons (Fsp3) is 0.538. The Morgan fingerprint density at radius 2 is 2.13 bits per heavy atom. The molecule has 0 bridgehead atoms. The topological polar surface area (TPSA) is 12.5 Å². The Morgan fingerprint density at radius 1 is 1.33 bits per heavy atom. The molecule has 2 heteroatoms. The molecule has 1 heterocycles. The minimum atomic E-state index is 0.258. The van der Waals surface area contributed by atoms with Gasteiger partial charge in [0.05, 0.1) is 11.7 Å². The summed E-state index contributed by atoms with van der Waals surface area (Å²) in [4.78, 5) is 1.40. The van der Waals surface area contributed by atoms with E-state index in [1.54, 1.807) is 0 Å². The first-order valence-corrected chi connectivity index (χ1v) is 6.54. The number of rotatable bonds is 2. The fourth-order valence-electron chi connectivity index (χ4n) is 2.41. The first kappa shape index (κ1) is 9.73. The van der Waals surface area contributed by atoms with E-state index >= 15 is 0 Å². The van der Waals surface area contributed by atoms with E-state index in [0.29, 0.717) is 6.10 Å². The number of benzene rings is 1. The third kappa shape index (κ3) is 1.93. The van der Waals surface area contributed by atoms with Crippen molar-refractivity contribution < 1.29 is 4.74 Å². The Balaban J connectivity index is 1.61. The minimum Gasteiger partial charge on any atom is -0.366 e. The van der Waals surface area contributed by atoms with Crippen LogP contribution in [-0.2, 0) is 4.74 Å². The van der Waals surface area contributed by atoms with Gasteiger partial charge in [-0.1, -0.05) is 18.2 Å². The van der Waals surface area contributed by atoms with Crippen molar-refractivity contribution in [1.29, 1.82) is 0 Å². The van der Waals surface area contributed by atoms with Crippen LogP contribution >= 0.6 is 11.8 Å². The second kappa shape index (κ2) is 3.53. The number of ether oxygens (including phenoxy) is 1. The number of hydrogen-bond acceptors (Lipinski definition) is 2. The van der Waals surface area contributed by atoms with Crippen molar-refractivity contribution in [1.82, 2.24) is 0 Å². The molecule has 3 atom stereocenters. The van der Waals surface area contributed by atoms with E-state index in [0.717, 1.165) is 5.25 Å². The van der Waals surface area contributed by atoms with Crippen molar-refractivity contribution in [3.05, 3.63) is 30.3 Å². The van der Waals surface area contributed by atoms with Crippen LogP contribution in [0.15, 0.2) is 35.2 Å². The maximum Gasteiger partial charge on any atom is 0.0921 e. The lowest BCUT2D eigenvalue weighted by Gasteiger charge is -2.21. The van der Waals surface area contributed by atoms with E-state index in [1.165, 1.54) is 24.2 Å². The summed E-state index contributed by atoms with van der Waals surface area (Å²) < 4.78 is 5.72. The molecule has 2 aliphatic rings. The third-order valence-electron chi connectivity index (χ3n) is 3.52. The highest BCUT2D eigenvalue weighted by Crippen LogP contribution is 2.50. The average Bonchev–Trinajstić information content (AvgIpc) is 2.91. The molecule has 1 saturated carbocycles. The predicted octanol–water partition coefficient (Wildman–Crippen LogP) is 3.49. The van der Waals surface area contributed by atoms with Gasteiger partial charge >= 0.3 is 0 Å². The molecule has 0 spiro atoms. The summed E-state index contributed by atoms with van der Waals surface area (Å²) in [7, 11) is 0. The summed E-state index contributed by atoms with van der Waals surface area (Å²) >= 11 is 2.01. The minimum absolute atomic E-state index is 0.258. The molecule has 3 rings (SSSR count). The second-order valence-corrected chi connectivity index (χ2v) is 6.12. The van der Waals surface area contributed by atoms with Crippen LogP contribution in [-0.4, -0.2) is 17.0 Å². The number of epoxide rings is 1. The monoisotopic (exact) mass is 220 g/mol. The van der Waals surface area contributed by atoms with Crippen molar-refractivity contribution in [3.8, 4) is 0 Å². The lowest BCUT2D eigenvalue weighted by Crippen LogP contribution is -2.22. The zero-order chi connectivity index (χ0) is 10.3. The first-order chi connectivity index (χ1) is 7.26. The lowest BCUT2D eigenvalue weighted by molar-refractivity contribution is 0.304. The fourth-order valence-corrected chi connectivity index (χ4v) is 3.62. The van der Waals surface area contributed by atoms with Crippen LogP contribution in [0.2, 0.25) is 0 Å². The quantitative estimate of drug-likeness (QED) is 0.707. The lowest BCUT2D eigenvalue weighted by atomic mass is 9.90. The van der Waals surface area contributed by atoms with Crippen LogP contribution in [0, 0.1) is 0 Å². The summed E-state index contributed by atoms with van der Waals surface area (Å²) in [5.41, 5.74) is 0.258. The first-order valence-electron chi connectivity index (χ1n) is 5.66. The van der Waals surface area contributed by atoms with Gasteiger partial charge in [0.25, 0.3) is 0 Å². The second-order valence-electron chi connectivity index (χ2n) is 4.75. The largest absolute Gasteiger partial charge is 0.366 e. The van der Waals surface area contributed by atoms with Gasteiger partial charge in [0.1, 0.15) is 0 Å². The highest BCUT2D eigenvalue weighted by atomic mass is 32.2. The Hall–Kier alpha value is -0.470. The van der Waals surface area contributed by atoms with Gasteiger partial charge in [0.15, 0.2) is 0 Å². The molecule has 2 fully saturated rings. The molecular formula is C13H16OS. The molecule has 1 nitrogen and oxygen atoms in total. The molecule has 1 saturated heterocycles. The SMILES string of the molecule is C[C@]12CC[C@@H](Sc3ccccc3)C[C@H]1O2. The Labute approximate surface area is 95.2 Å². The van der Waals surface area contributed by atoms with Crippen molar-refractivity contribution in [2.75, 3.05) is 0 Å². The Morgan fingerprint density at radius 3 is 2.87 bits per heavy atom. The van der Waals surface area contributed by atoms with Crippen LogP contribution in [0.5, 0.6) is 0 Å². The normalized spacial score (nSPS) is 38.5. The van der Waals surface area contributed by atoms with Gasteiger partial charge in [-0.25, -0.2) is 0 Å². The zero-order valence-electron chi connectivity index (χ0n) is 8.98. The van der Waals surface area contributed by atoms with E-state index in [9.17, 15) is 0 Å². The number of fused-ring (bicyclic) bond motifs is 1. The molecule has 0 N–H and O–H groups in total. The van der Waals surface area contributed by atoms with Gasteiger partial charge < -0.3 is 4.74 Å². The van der Waals surface area contributed by atoms with Gasteiger partial charge in [-0.2, -0.15) is 0 Å². The number of thioether (sulfide) groups is 1. The van der Waals surface area contributed by atoms with E-state index < -0.39 is 0 Å². The van der Waals surface area contributed by atoms with Crippen LogP contribution in [0.1, 0.15) is 26.2 Å². The van der Waals surface area contributed by atoms with Gasteiger partial charge in [-0.3, -0.25) is 0 Å². The predicted molar refractivity (Wildman–Crippen MR) is 63.2 cm³/mol. The van der Waals surface area contributed by atoms with E-state index in [2.05, 4.69) is 37.3 Å². The van der Waals surface area contributed by atoms with Crippen molar-refractivity contribution in [2.24, 2.45) is 0 Å². The maximum absolute atomic E-state index is 5.72. The van der Waals surface area contributed by atoms with Gasteiger partial charge in [-0.15, -0.1) is 11.8 Å². The van der Waals surface area contributed by atoms with E-state index in [-0.39, 0.29) is 5.60 Å². The molecule has 0 amide bonds. The van der Waals surface area contributed by atoms with Crippen molar-refractivity contribution >= 4 is 11.8 Å². The van der Waals surface area contributed by atoms with Crippen LogP contribution < -0.4 is 0 Å². The average molecular weight is 220 g/mol. The molecule has 1 aromatic carbocycles. The molecule has 1 aliphatic carbocycles. The van der Waals surface area contributed by atoms with Gasteiger partial charge in [-0.05, 0) is 38.3 Å². The summed E-state index contributed by atoms with van der Waals surface area (Å²) in [6, 6.07) is 10.7. The number of hydrogen-bond donors (Lipinski definition) is 0. The highest BCUT2D eigenvalue weighted by molar-refractivity contribution is 8.00. The maximum atomic E-state index is 5.72. The Bertz CT molecular complexity index is 351. The summed E-state index contributed by atoms with van der Waals surface area (Å²) in [5.74, 6) is 0. The van der Waals surface area contributed by atoms with E-state index in [1.807, 2.05) is 11.8 Å². The molecule has 1 aromatic rings. The molecule has 1 aliphatic heterocycles. The van der Waals surface area contributed by atoms with Gasteiger partial charge in [0, 0.05) is 10.1 Å². The zero-order valence-corrected chi connectivity index (χ0v) is 9.80. The van der Waals surface area contributed by atoms with Crippen molar-refractivity contribution in [3.63, 3.8) is 0 Å². The van der Waals surface area contributed by atoms with Crippen molar-refractivity contribution in [2.45, 2.75) is 48.0 Å². The molecule has 0 radical (unpaired) electrons. The van der Waals surface area contributed by atoms with Crippen LogP contribution in [0.4, 0.5) is 0 Å². The van der Waals surface area contributed by atoms with Crippen LogP contribution in [0.25, 0.3) is 0 Å². The summed E-state index contributed by atoms with van der Waals surface area (Å²) in [6.45, 7) is 2.25. The summed E-state index contributed by atoms with van der Waals surface area (Å²) in [5, 5.41) is 0.757. The summed E-state index contributed by atoms with van der Waals surface area (Å²) in [6.07, 6.45) is 4.32. The van der Waals surface area contributed by atoms with E-state index in [4.69, 9.17) is 4.74 Å². The standard InChI is InChI=1S/C13H16OS/c1-13-8-7-11(9-12(13)14-13)15-10-5-3-2-4-6-10/h2-6,11-12H,7-9H2,1H3/t11-,12-,13+/m1/s1. The molecule has 0 aromatic heterocycles. The molecule has 80 valence electrons. The third-order valence-corrected chi connectivity index (χ3v) is 4.83.